The summed E-state index contributed by atoms with van der Waals surface area (Å²) in [4.78, 5) is 3.60. The average Bonchev–Trinajstić information content (AvgIpc) is 2.93. The molecule has 1 aliphatic heterocycles. The van der Waals surface area contributed by atoms with E-state index in [4.69, 9.17) is 0 Å². The monoisotopic (exact) mass is 293 g/mol. The molecule has 2 aromatic heterocycles. The largest absolute Gasteiger partial charge is 0.396 e. The quantitative estimate of drug-likeness (QED) is 0.553. The summed E-state index contributed by atoms with van der Waals surface area (Å²) in [5.74, 6) is 0.451. The predicted octanol–water partition coefficient (Wildman–Crippen LogP) is 3.11. The number of nitrogens with one attached hydrogen (secondary N) is 1. The fourth-order valence-electron chi connectivity index (χ4n) is 3.79. The van der Waals surface area contributed by atoms with Crippen molar-refractivity contribution >= 4 is 21.8 Å². The Bertz CT molecular complexity index is 876. The molecule has 112 valence electrons. The number of allylic oxidation sites excluding steroid dienone is 2. The molecule has 22 heavy (non-hydrogen) atoms. The average molecular weight is 293 g/mol. The predicted molar refractivity (Wildman–Crippen MR) is 88.7 cm³/mol. The molecule has 1 aliphatic rings. The smallest absolute Gasteiger partial charge is 0.206 e. The highest BCUT2D eigenvalue weighted by atomic mass is 16.3. The molecule has 0 fully saturated rings. The van der Waals surface area contributed by atoms with Crippen LogP contribution < -0.4 is 4.57 Å². The van der Waals surface area contributed by atoms with Crippen LogP contribution in [-0.4, -0.2) is 16.7 Å². The Hall–Kier alpha value is -2.13. The first-order valence-corrected chi connectivity index (χ1v) is 7.99. The van der Waals surface area contributed by atoms with E-state index in [9.17, 15) is 5.11 Å². The van der Waals surface area contributed by atoms with Crippen LogP contribution in [0.2, 0.25) is 0 Å². The summed E-state index contributed by atoms with van der Waals surface area (Å²) in [6.45, 7) is 3.29. The highest BCUT2D eigenvalue weighted by molar-refractivity contribution is 6.07. The molecular formula is C19H21N2O+. The van der Waals surface area contributed by atoms with Crippen molar-refractivity contribution in [2.24, 2.45) is 5.92 Å². The zero-order valence-electron chi connectivity index (χ0n) is 12.8. The van der Waals surface area contributed by atoms with Gasteiger partial charge in [0.05, 0.1) is 0 Å². The topological polar surface area (TPSA) is 39.9 Å². The van der Waals surface area contributed by atoms with Crippen molar-refractivity contribution < 1.29 is 9.67 Å². The van der Waals surface area contributed by atoms with Gasteiger partial charge in [-0.1, -0.05) is 24.3 Å². The van der Waals surface area contributed by atoms with E-state index >= 15 is 0 Å². The number of H-pyrrole nitrogens is 1. The Kier molecular flexibility index (Phi) is 3.23. The van der Waals surface area contributed by atoms with Crippen molar-refractivity contribution in [2.45, 2.75) is 26.3 Å². The zero-order valence-corrected chi connectivity index (χ0v) is 12.8. The lowest BCUT2D eigenvalue weighted by Crippen LogP contribution is -2.45. The molecule has 3 heteroatoms. The second kappa shape index (κ2) is 5.25. The van der Waals surface area contributed by atoms with Crippen LogP contribution in [0, 0.1) is 5.92 Å². The molecular weight excluding hydrogens is 272 g/mol. The van der Waals surface area contributed by atoms with Crippen LogP contribution in [0.15, 0.2) is 48.2 Å². The lowest BCUT2D eigenvalue weighted by atomic mass is 9.87. The Morgan fingerprint density at radius 2 is 2.14 bits per heavy atom. The molecule has 3 aromatic rings. The first-order chi connectivity index (χ1) is 10.8. The van der Waals surface area contributed by atoms with Gasteiger partial charge in [-0.2, -0.15) is 4.57 Å². The van der Waals surface area contributed by atoms with Gasteiger partial charge in [-0.15, -0.1) is 0 Å². The van der Waals surface area contributed by atoms with Gasteiger partial charge in [0.15, 0.2) is 12.7 Å². The van der Waals surface area contributed by atoms with Gasteiger partial charge in [-0.25, -0.2) is 0 Å². The van der Waals surface area contributed by atoms with Crippen molar-refractivity contribution in [1.29, 1.82) is 0 Å². The molecule has 0 amide bonds. The summed E-state index contributed by atoms with van der Waals surface area (Å²) in [6, 6.07) is 10.7. The van der Waals surface area contributed by atoms with E-state index in [-0.39, 0.29) is 6.61 Å². The van der Waals surface area contributed by atoms with Crippen molar-refractivity contribution in [2.75, 3.05) is 6.61 Å². The van der Waals surface area contributed by atoms with Crippen molar-refractivity contribution in [3.63, 3.8) is 0 Å². The third-order valence-electron chi connectivity index (χ3n) is 4.97. The summed E-state index contributed by atoms with van der Waals surface area (Å²) in [7, 11) is 0. The maximum Gasteiger partial charge on any atom is 0.206 e. The Morgan fingerprint density at radius 3 is 2.95 bits per heavy atom. The maximum absolute atomic E-state index is 9.37. The van der Waals surface area contributed by atoms with Gasteiger partial charge >= 0.3 is 0 Å². The number of aliphatic hydroxyl groups excluding tert-OH is 1. The minimum atomic E-state index is 0.255. The molecule has 0 saturated heterocycles. The summed E-state index contributed by atoms with van der Waals surface area (Å²) in [6.07, 6.45) is 6.25. The summed E-state index contributed by atoms with van der Waals surface area (Å²) < 4.78 is 2.35. The number of fused-ring (bicyclic) bond motifs is 5. The molecule has 1 aromatic carbocycles. The van der Waals surface area contributed by atoms with Crippen molar-refractivity contribution in [3.8, 4) is 0 Å². The Labute approximate surface area is 129 Å². The van der Waals surface area contributed by atoms with Crippen LogP contribution in [0.5, 0.6) is 0 Å². The molecule has 0 radical (unpaired) electrons. The van der Waals surface area contributed by atoms with Crippen molar-refractivity contribution in [1.82, 2.24) is 4.98 Å². The van der Waals surface area contributed by atoms with Gasteiger partial charge in [0.1, 0.15) is 5.52 Å². The number of para-hydroxylation sites is 1. The van der Waals surface area contributed by atoms with E-state index in [0.717, 1.165) is 19.4 Å². The van der Waals surface area contributed by atoms with Crippen molar-refractivity contribution in [3.05, 3.63) is 53.9 Å². The summed E-state index contributed by atoms with van der Waals surface area (Å²) in [5.41, 5.74) is 5.24. The molecule has 1 atom stereocenters. The Morgan fingerprint density at radius 1 is 1.27 bits per heavy atom. The summed E-state index contributed by atoms with van der Waals surface area (Å²) >= 11 is 0. The number of nitrogens with zero attached hydrogens (tertiary/aromatic N) is 1. The number of hydrogen-bond donors (Lipinski definition) is 2. The number of aromatic amines is 1. The lowest BCUT2D eigenvalue weighted by molar-refractivity contribution is -0.700. The molecule has 3 nitrogen and oxygen atoms in total. The van der Waals surface area contributed by atoms with Crippen LogP contribution in [0.3, 0.4) is 0 Å². The minimum Gasteiger partial charge on any atom is -0.396 e. The van der Waals surface area contributed by atoms with E-state index in [1.54, 1.807) is 0 Å². The molecule has 4 rings (SSSR count). The normalized spacial score (nSPS) is 19.9. The second-order valence-electron chi connectivity index (χ2n) is 6.13. The van der Waals surface area contributed by atoms with E-state index in [0.29, 0.717) is 5.92 Å². The molecule has 0 saturated carbocycles. The number of hydrogen-bond acceptors (Lipinski definition) is 1. The fraction of sp³-hybridized carbons (Fsp3) is 0.316. The van der Waals surface area contributed by atoms with Gasteiger partial charge in [0, 0.05) is 35.4 Å². The van der Waals surface area contributed by atoms with Crippen LogP contribution in [-0.2, 0) is 13.0 Å². The molecule has 0 spiro atoms. The van der Waals surface area contributed by atoms with E-state index in [1.807, 2.05) is 0 Å². The minimum absolute atomic E-state index is 0.255. The molecule has 0 aliphatic carbocycles. The highest BCUT2D eigenvalue weighted by Gasteiger charge is 2.30. The molecule has 0 unspecified atom stereocenters. The number of aromatic nitrogens is 2. The fourth-order valence-corrected chi connectivity index (χ4v) is 3.79. The van der Waals surface area contributed by atoms with E-state index < -0.39 is 0 Å². The van der Waals surface area contributed by atoms with E-state index in [2.05, 4.69) is 59.1 Å². The number of rotatable bonds is 2. The third kappa shape index (κ3) is 1.97. The molecule has 0 bridgehead atoms. The maximum atomic E-state index is 9.37. The lowest BCUT2D eigenvalue weighted by Gasteiger charge is -2.22. The first kappa shape index (κ1) is 13.5. The van der Waals surface area contributed by atoms with Crippen LogP contribution in [0.25, 0.3) is 21.8 Å². The van der Waals surface area contributed by atoms with Gasteiger partial charge in [0.25, 0.3) is 0 Å². The summed E-state index contributed by atoms with van der Waals surface area (Å²) in [5, 5.41) is 12.0. The standard InChI is InChI=1S/C19H20N2O/c1-2-13-12-21-9-7-16-15-5-3-4-6-17(15)20-19(16)18(21)11-14(13)8-10-22/h2-7,9,14,22H,8,10-12H2,1H3/p+1/b13-2-/t14-/m0/s1. The SMILES string of the molecule is C/C=C1/C[n+]2ccc3c([nH]c4ccccc43)c2C[C@@H]1CCO. The first-order valence-electron chi connectivity index (χ1n) is 7.99. The number of benzene rings is 1. The zero-order chi connectivity index (χ0) is 15.1. The highest BCUT2D eigenvalue weighted by Crippen LogP contribution is 2.31. The van der Waals surface area contributed by atoms with Gasteiger partial charge < -0.3 is 10.1 Å². The Balaban J connectivity index is 1.93. The van der Waals surface area contributed by atoms with Crippen LogP contribution in [0.1, 0.15) is 19.0 Å². The van der Waals surface area contributed by atoms with Gasteiger partial charge in [-0.3, -0.25) is 0 Å². The van der Waals surface area contributed by atoms with E-state index in [1.165, 1.54) is 33.1 Å². The number of pyridine rings is 1. The van der Waals surface area contributed by atoms with Crippen LogP contribution in [0.4, 0.5) is 0 Å². The van der Waals surface area contributed by atoms with Crippen LogP contribution >= 0.6 is 0 Å². The molecule has 3 heterocycles. The number of aliphatic hydroxyl groups is 1. The third-order valence-corrected chi connectivity index (χ3v) is 4.97. The van der Waals surface area contributed by atoms with Gasteiger partial charge in [-0.05, 0) is 30.9 Å². The molecule has 2 N–H and O–H groups in total. The second-order valence-corrected chi connectivity index (χ2v) is 6.13. The van der Waals surface area contributed by atoms with Gasteiger partial charge in [0.2, 0.25) is 5.69 Å².